The zero-order valence-corrected chi connectivity index (χ0v) is 17.6. The van der Waals surface area contributed by atoms with E-state index < -0.39 is 5.43 Å². The standard InChI is InChI=1S/C23H24O7/c1-13(2)8-9-29-17-7-6-14(10-18(17)27-4)22-23(28-5)21(25)20-16(24)11-15(26-3)12-19(20)30-22/h6-8,10-12,24H,9H2,1-5H3. The molecule has 7 heteroatoms. The van der Waals surface area contributed by atoms with Crippen molar-refractivity contribution in [2.24, 2.45) is 0 Å². The maximum Gasteiger partial charge on any atom is 0.239 e. The van der Waals surface area contributed by atoms with Gasteiger partial charge in [0, 0.05) is 17.7 Å². The number of aromatic hydroxyl groups is 1. The van der Waals surface area contributed by atoms with Gasteiger partial charge in [0.05, 0.1) is 21.3 Å². The Balaban J connectivity index is 2.15. The number of phenols is 1. The van der Waals surface area contributed by atoms with Gasteiger partial charge in [0.15, 0.2) is 17.3 Å². The Hall–Kier alpha value is -3.61. The molecule has 0 unspecified atom stereocenters. The van der Waals surface area contributed by atoms with Crippen molar-refractivity contribution in [3.63, 3.8) is 0 Å². The Labute approximate surface area is 174 Å². The van der Waals surface area contributed by atoms with E-state index in [1.54, 1.807) is 18.2 Å². The van der Waals surface area contributed by atoms with Crippen molar-refractivity contribution in [1.29, 1.82) is 0 Å². The highest BCUT2D eigenvalue weighted by molar-refractivity contribution is 5.88. The molecule has 0 amide bonds. The molecule has 3 rings (SSSR count). The summed E-state index contributed by atoms with van der Waals surface area (Å²) in [5, 5.41) is 10.3. The highest BCUT2D eigenvalue weighted by Gasteiger charge is 2.21. The van der Waals surface area contributed by atoms with Crippen LogP contribution in [0.3, 0.4) is 0 Å². The molecule has 0 aliphatic heterocycles. The Kier molecular flexibility index (Phi) is 6.20. The predicted molar refractivity (Wildman–Crippen MR) is 114 cm³/mol. The number of rotatable bonds is 7. The molecule has 0 fully saturated rings. The van der Waals surface area contributed by atoms with Gasteiger partial charge in [0.25, 0.3) is 0 Å². The fourth-order valence-corrected chi connectivity index (χ4v) is 2.98. The van der Waals surface area contributed by atoms with Gasteiger partial charge in [-0.25, -0.2) is 0 Å². The number of hydrogen-bond acceptors (Lipinski definition) is 7. The number of ether oxygens (including phenoxy) is 4. The van der Waals surface area contributed by atoms with Gasteiger partial charge in [-0.2, -0.15) is 0 Å². The van der Waals surface area contributed by atoms with Crippen molar-refractivity contribution < 1.29 is 28.5 Å². The third-order valence-electron chi connectivity index (χ3n) is 4.50. The van der Waals surface area contributed by atoms with E-state index in [4.69, 9.17) is 23.4 Å². The van der Waals surface area contributed by atoms with Crippen molar-refractivity contribution in [2.45, 2.75) is 13.8 Å². The molecule has 0 aliphatic rings. The molecular weight excluding hydrogens is 388 g/mol. The first-order valence-corrected chi connectivity index (χ1v) is 9.26. The molecule has 1 N–H and O–H groups in total. The number of phenolic OH excluding ortho intramolecular Hbond substituents is 1. The smallest absolute Gasteiger partial charge is 0.239 e. The van der Waals surface area contributed by atoms with E-state index in [0.29, 0.717) is 29.4 Å². The molecule has 0 radical (unpaired) electrons. The van der Waals surface area contributed by atoms with Crippen LogP contribution in [-0.4, -0.2) is 33.0 Å². The van der Waals surface area contributed by atoms with Crippen molar-refractivity contribution in [3.8, 4) is 40.1 Å². The van der Waals surface area contributed by atoms with Crippen LogP contribution in [0.1, 0.15) is 13.8 Å². The molecule has 0 atom stereocenters. The summed E-state index contributed by atoms with van der Waals surface area (Å²) in [5.41, 5.74) is 1.39. The van der Waals surface area contributed by atoms with E-state index in [-0.39, 0.29) is 28.2 Å². The molecule has 1 heterocycles. The van der Waals surface area contributed by atoms with Crippen LogP contribution >= 0.6 is 0 Å². The van der Waals surface area contributed by atoms with Gasteiger partial charge >= 0.3 is 0 Å². The Morgan fingerprint density at radius 3 is 2.43 bits per heavy atom. The summed E-state index contributed by atoms with van der Waals surface area (Å²) in [6.07, 6.45) is 1.96. The lowest BCUT2D eigenvalue weighted by Crippen LogP contribution is -2.08. The van der Waals surface area contributed by atoms with Gasteiger partial charge in [-0.15, -0.1) is 0 Å². The molecule has 0 bridgehead atoms. The molecule has 0 aliphatic carbocycles. The van der Waals surface area contributed by atoms with Gasteiger partial charge in [0.2, 0.25) is 11.2 Å². The van der Waals surface area contributed by atoms with Gasteiger partial charge in [0.1, 0.15) is 29.1 Å². The molecule has 3 aromatic rings. The topological polar surface area (TPSA) is 87.4 Å². The second kappa shape index (κ2) is 8.82. The van der Waals surface area contributed by atoms with Gasteiger partial charge in [-0.3, -0.25) is 4.79 Å². The molecule has 0 saturated heterocycles. The largest absolute Gasteiger partial charge is 0.507 e. The number of methoxy groups -OCH3 is 3. The lowest BCUT2D eigenvalue weighted by atomic mass is 10.1. The molecule has 158 valence electrons. The number of hydrogen-bond donors (Lipinski definition) is 1. The van der Waals surface area contributed by atoms with Crippen LogP contribution in [0.2, 0.25) is 0 Å². The summed E-state index contributed by atoms with van der Waals surface area (Å²) >= 11 is 0. The summed E-state index contributed by atoms with van der Waals surface area (Å²) in [6.45, 7) is 4.39. The van der Waals surface area contributed by atoms with Crippen LogP contribution in [0.5, 0.6) is 28.7 Å². The maximum absolute atomic E-state index is 13.0. The van der Waals surface area contributed by atoms with Crippen LogP contribution in [0.15, 0.2) is 51.2 Å². The quantitative estimate of drug-likeness (QED) is 0.570. The average molecular weight is 412 g/mol. The normalized spacial score (nSPS) is 10.6. The first-order chi connectivity index (χ1) is 14.4. The molecule has 30 heavy (non-hydrogen) atoms. The summed E-state index contributed by atoms with van der Waals surface area (Å²) in [7, 11) is 4.36. The maximum atomic E-state index is 13.0. The van der Waals surface area contributed by atoms with Crippen molar-refractivity contribution in [3.05, 3.63) is 52.2 Å². The third kappa shape index (κ3) is 4.05. The van der Waals surface area contributed by atoms with Gasteiger partial charge in [-0.05, 0) is 38.1 Å². The lowest BCUT2D eigenvalue weighted by Gasteiger charge is -2.13. The van der Waals surface area contributed by atoms with Crippen LogP contribution < -0.4 is 24.4 Å². The predicted octanol–water partition coefficient (Wildman–Crippen LogP) is 4.54. The van der Waals surface area contributed by atoms with Crippen LogP contribution in [0.4, 0.5) is 0 Å². The number of allylic oxidation sites excluding steroid dienone is 1. The molecule has 7 nitrogen and oxygen atoms in total. The van der Waals surface area contributed by atoms with Crippen molar-refractivity contribution in [2.75, 3.05) is 27.9 Å². The van der Waals surface area contributed by atoms with E-state index in [2.05, 4.69) is 0 Å². The summed E-state index contributed by atoms with van der Waals surface area (Å²) in [5.74, 6) is 1.33. The zero-order chi connectivity index (χ0) is 21.8. The van der Waals surface area contributed by atoms with E-state index in [0.717, 1.165) is 5.57 Å². The molecule has 1 aromatic heterocycles. The van der Waals surface area contributed by atoms with Crippen LogP contribution in [0.25, 0.3) is 22.3 Å². The molecule has 0 spiro atoms. The number of benzene rings is 2. The fourth-order valence-electron chi connectivity index (χ4n) is 2.98. The highest BCUT2D eigenvalue weighted by Crippen LogP contribution is 2.38. The average Bonchev–Trinajstić information content (AvgIpc) is 2.72. The summed E-state index contributed by atoms with van der Waals surface area (Å²) in [6, 6.07) is 8.06. The summed E-state index contributed by atoms with van der Waals surface area (Å²) < 4.78 is 27.6. The van der Waals surface area contributed by atoms with Crippen molar-refractivity contribution >= 4 is 11.0 Å². The minimum atomic E-state index is -0.489. The minimum absolute atomic E-state index is 0.0186. The van der Waals surface area contributed by atoms with Crippen LogP contribution in [-0.2, 0) is 0 Å². The Morgan fingerprint density at radius 1 is 1.03 bits per heavy atom. The highest BCUT2D eigenvalue weighted by atomic mass is 16.5. The molecule has 2 aromatic carbocycles. The number of fused-ring (bicyclic) bond motifs is 1. The monoisotopic (exact) mass is 412 g/mol. The lowest BCUT2D eigenvalue weighted by molar-refractivity contribution is 0.326. The van der Waals surface area contributed by atoms with Crippen LogP contribution in [0, 0.1) is 0 Å². The Morgan fingerprint density at radius 2 is 1.80 bits per heavy atom. The van der Waals surface area contributed by atoms with Crippen molar-refractivity contribution in [1.82, 2.24) is 0 Å². The van der Waals surface area contributed by atoms with E-state index >= 15 is 0 Å². The minimum Gasteiger partial charge on any atom is -0.507 e. The second-order valence-corrected chi connectivity index (χ2v) is 6.77. The Bertz CT molecular complexity index is 1150. The van der Waals surface area contributed by atoms with E-state index in [1.807, 2.05) is 19.9 Å². The SMILES string of the molecule is COc1cc(O)c2c(=O)c(OC)c(-c3ccc(OCC=C(C)C)c(OC)c3)oc2c1. The van der Waals surface area contributed by atoms with Gasteiger partial charge < -0.3 is 28.5 Å². The van der Waals surface area contributed by atoms with E-state index in [9.17, 15) is 9.90 Å². The summed E-state index contributed by atoms with van der Waals surface area (Å²) in [4.78, 5) is 13.0. The fraction of sp³-hybridized carbons (Fsp3) is 0.261. The third-order valence-corrected chi connectivity index (χ3v) is 4.50. The first kappa shape index (κ1) is 21.1. The van der Waals surface area contributed by atoms with E-state index in [1.165, 1.54) is 33.5 Å². The zero-order valence-electron chi connectivity index (χ0n) is 17.6. The molecular formula is C23H24O7. The van der Waals surface area contributed by atoms with Gasteiger partial charge in [-0.1, -0.05) is 5.57 Å². The second-order valence-electron chi connectivity index (χ2n) is 6.77. The molecule has 0 saturated carbocycles. The first-order valence-electron chi connectivity index (χ1n) is 9.26.